The standard InChI is InChI=1S/C12H14BrFO/c1-8(2)3-6-12(15)10-5-4-9(14)7-11(10)13/h4-5,7-8H,3,6H2,1-2H3. The van der Waals surface area contributed by atoms with Crippen LogP contribution in [0, 0.1) is 11.7 Å². The number of Topliss-reactive ketones (excluding diaryl/α,β-unsaturated/α-hetero) is 1. The van der Waals surface area contributed by atoms with E-state index in [0.717, 1.165) is 6.42 Å². The van der Waals surface area contributed by atoms with Crippen molar-refractivity contribution in [3.8, 4) is 0 Å². The fourth-order valence-corrected chi connectivity index (χ4v) is 1.84. The third-order valence-electron chi connectivity index (χ3n) is 2.18. The summed E-state index contributed by atoms with van der Waals surface area (Å²) in [6.45, 7) is 4.15. The highest BCUT2D eigenvalue weighted by atomic mass is 79.9. The number of carbonyl (C=O) groups excluding carboxylic acids is 1. The first-order valence-electron chi connectivity index (χ1n) is 4.99. The van der Waals surface area contributed by atoms with Gasteiger partial charge in [0, 0.05) is 16.5 Å². The molecule has 82 valence electrons. The smallest absolute Gasteiger partial charge is 0.164 e. The summed E-state index contributed by atoms with van der Waals surface area (Å²) in [7, 11) is 0. The van der Waals surface area contributed by atoms with Gasteiger partial charge < -0.3 is 0 Å². The van der Waals surface area contributed by atoms with Crippen molar-refractivity contribution in [2.45, 2.75) is 26.7 Å². The van der Waals surface area contributed by atoms with Crippen molar-refractivity contribution in [1.82, 2.24) is 0 Å². The quantitative estimate of drug-likeness (QED) is 0.751. The van der Waals surface area contributed by atoms with Crippen molar-refractivity contribution in [2.24, 2.45) is 5.92 Å². The minimum absolute atomic E-state index is 0.0653. The van der Waals surface area contributed by atoms with Crippen LogP contribution in [0.4, 0.5) is 4.39 Å². The molecule has 0 aromatic heterocycles. The minimum atomic E-state index is -0.331. The lowest BCUT2D eigenvalue weighted by atomic mass is 10.0. The maximum atomic E-state index is 12.8. The predicted octanol–water partition coefficient (Wildman–Crippen LogP) is 4.21. The van der Waals surface area contributed by atoms with Crippen LogP contribution in [0.1, 0.15) is 37.0 Å². The average molecular weight is 273 g/mol. The van der Waals surface area contributed by atoms with E-state index in [4.69, 9.17) is 0 Å². The third kappa shape index (κ3) is 3.74. The number of rotatable bonds is 4. The van der Waals surface area contributed by atoms with Crippen molar-refractivity contribution in [1.29, 1.82) is 0 Å². The van der Waals surface area contributed by atoms with Gasteiger partial charge in [0.2, 0.25) is 0 Å². The normalized spacial score (nSPS) is 10.7. The van der Waals surface area contributed by atoms with Crippen molar-refractivity contribution < 1.29 is 9.18 Å². The first-order chi connectivity index (χ1) is 7.00. The van der Waals surface area contributed by atoms with E-state index in [-0.39, 0.29) is 11.6 Å². The highest BCUT2D eigenvalue weighted by Gasteiger charge is 2.11. The summed E-state index contributed by atoms with van der Waals surface area (Å²) in [5, 5.41) is 0. The second kappa shape index (κ2) is 5.40. The molecule has 0 unspecified atom stereocenters. The number of halogens is 2. The van der Waals surface area contributed by atoms with Crippen molar-refractivity contribution in [3.63, 3.8) is 0 Å². The van der Waals surface area contributed by atoms with Gasteiger partial charge in [0.1, 0.15) is 5.82 Å². The first-order valence-corrected chi connectivity index (χ1v) is 5.78. The van der Waals surface area contributed by atoms with Crippen LogP contribution in [0.2, 0.25) is 0 Å². The Morgan fingerprint density at radius 1 is 1.47 bits per heavy atom. The van der Waals surface area contributed by atoms with E-state index < -0.39 is 0 Å². The largest absolute Gasteiger partial charge is 0.294 e. The van der Waals surface area contributed by atoms with Crippen LogP contribution in [0.3, 0.4) is 0 Å². The van der Waals surface area contributed by atoms with Gasteiger partial charge in [0.05, 0.1) is 0 Å². The molecule has 1 nitrogen and oxygen atoms in total. The molecule has 3 heteroatoms. The molecule has 1 rings (SSSR count). The molecule has 15 heavy (non-hydrogen) atoms. The molecule has 0 saturated carbocycles. The van der Waals surface area contributed by atoms with Gasteiger partial charge in [-0.15, -0.1) is 0 Å². The summed E-state index contributed by atoms with van der Waals surface area (Å²) in [6, 6.07) is 4.16. The van der Waals surface area contributed by atoms with Crippen molar-refractivity contribution in [3.05, 3.63) is 34.1 Å². The lowest BCUT2D eigenvalue weighted by Gasteiger charge is -2.05. The summed E-state index contributed by atoms with van der Waals surface area (Å²) in [5.41, 5.74) is 0.567. The van der Waals surface area contributed by atoms with Crippen LogP contribution in [-0.2, 0) is 0 Å². The summed E-state index contributed by atoms with van der Waals surface area (Å²) < 4.78 is 13.3. The molecule has 0 aliphatic rings. The maximum Gasteiger partial charge on any atom is 0.164 e. The second-order valence-corrected chi connectivity index (χ2v) is 4.83. The molecule has 1 aromatic rings. The Morgan fingerprint density at radius 2 is 2.13 bits per heavy atom. The Balaban J connectivity index is 2.74. The molecule has 0 N–H and O–H groups in total. The van der Waals surface area contributed by atoms with Gasteiger partial charge in [-0.1, -0.05) is 13.8 Å². The Morgan fingerprint density at radius 3 is 2.67 bits per heavy atom. The van der Waals surface area contributed by atoms with Crippen molar-refractivity contribution in [2.75, 3.05) is 0 Å². The van der Waals surface area contributed by atoms with Crippen LogP contribution >= 0.6 is 15.9 Å². The number of carbonyl (C=O) groups is 1. The lowest BCUT2D eigenvalue weighted by molar-refractivity contribution is 0.0974. The van der Waals surface area contributed by atoms with Gasteiger partial charge in [0.25, 0.3) is 0 Å². The van der Waals surface area contributed by atoms with E-state index in [1.165, 1.54) is 18.2 Å². The van der Waals surface area contributed by atoms with Gasteiger partial charge >= 0.3 is 0 Å². The second-order valence-electron chi connectivity index (χ2n) is 3.98. The number of hydrogen-bond donors (Lipinski definition) is 0. The first kappa shape index (κ1) is 12.4. The minimum Gasteiger partial charge on any atom is -0.294 e. The zero-order chi connectivity index (χ0) is 11.4. The monoisotopic (exact) mass is 272 g/mol. The highest BCUT2D eigenvalue weighted by molar-refractivity contribution is 9.10. The van der Waals surface area contributed by atoms with E-state index >= 15 is 0 Å². The molecule has 0 aliphatic carbocycles. The molecule has 0 bridgehead atoms. The number of benzene rings is 1. The Bertz CT molecular complexity index is 361. The van der Waals surface area contributed by atoms with Crippen LogP contribution < -0.4 is 0 Å². The number of ketones is 1. The van der Waals surface area contributed by atoms with E-state index in [1.54, 1.807) is 0 Å². The third-order valence-corrected chi connectivity index (χ3v) is 2.84. The van der Waals surface area contributed by atoms with Gasteiger partial charge in [-0.3, -0.25) is 4.79 Å². The molecule has 0 aliphatic heterocycles. The summed E-state index contributed by atoms with van der Waals surface area (Å²) in [6.07, 6.45) is 1.38. The molecule has 0 fully saturated rings. The van der Waals surface area contributed by atoms with Crippen LogP contribution in [0.25, 0.3) is 0 Å². The molecule has 1 aromatic carbocycles. The van der Waals surface area contributed by atoms with Crippen molar-refractivity contribution >= 4 is 21.7 Å². The van der Waals surface area contributed by atoms with Gasteiger partial charge in [-0.25, -0.2) is 4.39 Å². The zero-order valence-corrected chi connectivity index (χ0v) is 10.5. The van der Waals surface area contributed by atoms with Gasteiger partial charge in [-0.2, -0.15) is 0 Å². The van der Waals surface area contributed by atoms with E-state index in [2.05, 4.69) is 29.8 Å². The Hall–Kier alpha value is -0.700. The zero-order valence-electron chi connectivity index (χ0n) is 8.89. The molecular formula is C12H14BrFO. The summed E-state index contributed by atoms with van der Waals surface area (Å²) in [4.78, 5) is 11.7. The molecular weight excluding hydrogens is 259 g/mol. The molecule has 0 saturated heterocycles. The van der Waals surface area contributed by atoms with Crippen LogP contribution in [0.15, 0.2) is 22.7 Å². The summed E-state index contributed by atoms with van der Waals surface area (Å²) >= 11 is 3.19. The summed E-state index contributed by atoms with van der Waals surface area (Å²) in [5.74, 6) is 0.242. The Labute approximate surface area is 97.8 Å². The predicted molar refractivity (Wildman–Crippen MR) is 62.5 cm³/mol. The van der Waals surface area contributed by atoms with Crippen LogP contribution in [0.5, 0.6) is 0 Å². The van der Waals surface area contributed by atoms with Gasteiger partial charge in [0.15, 0.2) is 5.78 Å². The topological polar surface area (TPSA) is 17.1 Å². The van der Waals surface area contributed by atoms with E-state index in [9.17, 15) is 9.18 Å². The fourth-order valence-electron chi connectivity index (χ4n) is 1.27. The molecule has 0 radical (unpaired) electrons. The fraction of sp³-hybridized carbons (Fsp3) is 0.417. The van der Waals surface area contributed by atoms with Gasteiger partial charge in [-0.05, 0) is 46.5 Å². The highest BCUT2D eigenvalue weighted by Crippen LogP contribution is 2.20. The molecule has 0 heterocycles. The van der Waals surface area contributed by atoms with Crippen LogP contribution in [-0.4, -0.2) is 5.78 Å². The lowest BCUT2D eigenvalue weighted by Crippen LogP contribution is -2.02. The molecule has 0 atom stereocenters. The maximum absolute atomic E-state index is 12.8. The number of hydrogen-bond acceptors (Lipinski definition) is 1. The average Bonchev–Trinajstić information content (AvgIpc) is 2.14. The molecule has 0 spiro atoms. The SMILES string of the molecule is CC(C)CCC(=O)c1ccc(F)cc1Br. The Kier molecular flexibility index (Phi) is 4.45. The van der Waals surface area contributed by atoms with E-state index in [1.807, 2.05) is 0 Å². The molecule has 0 amide bonds. The van der Waals surface area contributed by atoms with E-state index in [0.29, 0.717) is 22.4 Å².